The third kappa shape index (κ3) is 4.23. The highest BCUT2D eigenvalue weighted by Gasteiger charge is 2.19. The Kier molecular flexibility index (Phi) is 5.41. The lowest BCUT2D eigenvalue weighted by molar-refractivity contribution is -0.127. The van der Waals surface area contributed by atoms with Crippen LogP contribution in [0.5, 0.6) is 0 Å². The van der Waals surface area contributed by atoms with Crippen LogP contribution in [0.15, 0.2) is 30.3 Å². The van der Waals surface area contributed by atoms with Gasteiger partial charge in [0.25, 0.3) is 0 Å². The second-order valence-corrected chi connectivity index (χ2v) is 5.70. The molecular formula is C16H25N3O. The van der Waals surface area contributed by atoms with Crippen LogP contribution in [0.25, 0.3) is 0 Å². The van der Waals surface area contributed by atoms with Gasteiger partial charge in [-0.05, 0) is 44.0 Å². The summed E-state index contributed by atoms with van der Waals surface area (Å²) in [5.74, 6) is 0.828. The summed E-state index contributed by atoms with van der Waals surface area (Å²) in [6, 6.07) is 10.3. The molecule has 1 N–H and O–H groups in total. The van der Waals surface area contributed by atoms with Crippen LogP contribution in [0.1, 0.15) is 12.8 Å². The van der Waals surface area contributed by atoms with Crippen molar-refractivity contribution in [1.29, 1.82) is 0 Å². The van der Waals surface area contributed by atoms with Gasteiger partial charge in [-0.1, -0.05) is 18.2 Å². The summed E-state index contributed by atoms with van der Waals surface area (Å²) in [6.07, 6.45) is 2.39. The Labute approximate surface area is 121 Å². The molecule has 0 saturated carbocycles. The van der Waals surface area contributed by atoms with E-state index < -0.39 is 0 Å². The summed E-state index contributed by atoms with van der Waals surface area (Å²) in [5, 5.41) is 3.39. The third-order valence-electron chi connectivity index (χ3n) is 3.88. The molecule has 20 heavy (non-hydrogen) atoms. The highest BCUT2D eigenvalue weighted by molar-refractivity contribution is 5.81. The monoisotopic (exact) mass is 275 g/mol. The van der Waals surface area contributed by atoms with Crippen LogP contribution >= 0.6 is 0 Å². The molecule has 1 amide bonds. The van der Waals surface area contributed by atoms with Crippen molar-refractivity contribution < 1.29 is 4.79 Å². The Hall–Kier alpha value is -1.55. The standard InChI is InChI=1S/C16H25N3O/c1-18(2)16(20)13-19(15-6-4-3-5-7-15)12-14-8-10-17-11-9-14/h3-7,14,17H,8-13H2,1-2H3. The van der Waals surface area contributed by atoms with E-state index in [0.717, 1.165) is 25.3 Å². The van der Waals surface area contributed by atoms with E-state index in [0.29, 0.717) is 12.5 Å². The lowest BCUT2D eigenvalue weighted by Crippen LogP contribution is -2.41. The molecular weight excluding hydrogens is 250 g/mol. The number of hydrogen-bond acceptors (Lipinski definition) is 3. The maximum atomic E-state index is 12.0. The molecule has 1 heterocycles. The van der Waals surface area contributed by atoms with Gasteiger partial charge in [0.2, 0.25) is 5.91 Å². The summed E-state index contributed by atoms with van der Waals surface area (Å²) >= 11 is 0. The van der Waals surface area contributed by atoms with Gasteiger partial charge in [0.1, 0.15) is 0 Å². The number of amides is 1. The van der Waals surface area contributed by atoms with Crippen LogP contribution in [-0.4, -0.2) is 51.1 Å². The van der Waals surface area contributed by atoms with E-state index in [1.165, 1.54) is 12.8 Å². The van der Waals surface area contributed by atoms with E-state index in [4.69, 9.17) is 0 Å². The third-order valence-corrected chi connectivity index (χ3v) is 3.88. The molecule has 1 saturated heterocycles. The van der Waals surface area contributed by atoms with E-state index in [-0.39, 0.29) is 5.91 Å². The molecule has 4 nitrogen and oxygen atoms in total. The van der Waals surface area contributed by atoms with E-state index in [1.807, 2.05) is 32.3 Å². The topological polar surface area (TPSA) is 35.6 Å². The highest BCUT2D eigenvalue weighted by atomic mass is 16.2. The van der Waals surface area contributed by atoms with Crippen molar-refractivity contribution in [3.05, 3.63) is 30.3 Å². The number of rotatable bonds is 5. The van der Waals surface area contributed by atoms with Gasteiger partial charge in [-0.2, -0.15) is 0 Å². The molecule has 1 aromatic rings. The first-order valence-electron chi connectivity index (χ1n) is 7.37. The van der Waals surface area contributed by atoms with Crippen molar-refractivity contribution in [2.45, 2.75) is 12.8 Å². The van der Waals surface area contributed by atoms with Crippen LogP contribution in [-0.2, 0) is 4.79 Å². The first-order valence-corrected chi connectivity index (χ1v) is 7.37. The van der Waals surface area contributed by atoms with Gasteiger partial charge in [-0.25, -0.2) is 0 Å². The van der Waals surface area contributed by atoms with Gasteiger partial charge in [0.15, 0.2) is 0 Å². The largest absolute Gasteiger partial charge is 0.362 e. The average molecular weight is 275 g/mol. The number of benzene rings is 1. The van der Waals surface area contributed by atoms with E-state index >= 15 is 0 Å². The minimum absolute atomic E-state index is 0.155. The zero-order valence-corrected chi connectivity index (χ0v) is 12.5. The Morgan fingerprint density at radius 3 is 2.45 bits per heavy atom. The van der Waals surface area contributed by atoms with Crippen LogP contribution in [0.3, 0.4) is 0 Å². The number of nitrogens with one attached hydrogen (secondary N) is 1. The van der Waals surface area contributed by atoms with Crippen molar-refractivity contribution in [3.8, 4) is 0 Å². The highest BCUT2D eigenvalue weighted by Crippen LogP contribution is 2.19. The zero-order valence-electron chi connectivity index (χ0n) is 12.5. The predicted octanol–water partition coefficient (Wildman–Crippen LogP) is 1.58. The Bertz CT molecular complexity index is 413. The lowest BCUT2D eigenvalue weighted by atomic mass is 9.97. The van der Waals surface area contributed by atoms with Crippen LogP contribution in [0.2, 0.25) is 0 Å². The van der Waals surface area contributed by atoms with Gasteiger partial charge >= 0.3 is 0 Å². The predicted molar refractivity (Wildman–Crippen MR) is 82.9 cm³/mol. The molecule has 2 rings (SSSR count). The van der Waals surface area contributed by atoms with Crippen molar-refractivity contribution in [2.75, 3.05) is 45.2 Å². The number of anilines is 1. The Balaban J connectivity index is 2.05. The Morgan fingerprint density at radius 1 is 1.20 bits per heavy atom. The second kappa shape index (κ2) is 7.29. The second-order valence-electron chi connectivity index (χ2n) is 5.70. The van der Waals surface area contributed by atoms with Crippen molar-refractivity contribution in [1.82, 2.24) is 10.2 Å². The van der Waals surface area contributed by atoms with E-state index in [9.17, 15) is 4.79 Å². The van der Waals surface area contributed by atoms with E-state index in [2.05, 4.69) is 22.3 Å². The molecule has 4 heteroatoms. The first kappa shape index (κ1) is 14.9. The zero-order chi connectivity index (χ0) is 14.4. The number of hydrogen-bond donors (Lipinski definition) is 1. The molecule has 110 valence electrons. The molecule has 1 fully saturated rings. The van der Waals surface area contributed by atoms with E-state index in [1.54, 1.807) is 4.90 Å². The molecule has 0 aliphatic carbocycles. The Morgan fingerprint density at radius 2 is 1.85 bits per heavy atom. The van der Waals surface area contributed by atoms with Crippen molar-refractivity contribution >= 4 is 11.6 Å². The summed E-state index contributed by atoms with van der Waals surface area (Å²) in [5.41, 5.74) is 1.14. The summed E-state index contributed by atoms with van der Waals surface area (Å²) in [6.45, 7) is 3.61. The minimum Gasteiger partial charge on any atom is -0.362 e. The number of carbonyl (C=O) groups excluding carboxylic acids is 1. The smallest absolute Gasteiger partial charge is 0.241 e. The summed E-state index contributed by atoms with van der Waals surface area (Å²) < 4.78 is 0. The molecule has 1 aromatic carbocycles. The fourth-order valence-corrected chi connectivity index (χ4v) is 2.58. The summed E-state index contributed by atoms with van der Waals surface area (Å²) in [4.78, 5) is 15.9. The number of carbonyl (C=O) groups is 1. The van der Waals surface area contributed by atoms with Gasteiger partial charge in [0, 0.05) is 26.3 Å². The maximum absolute atomic E-state index is 12.0. The molecule has 0 atom stereocenters. The normalized spacial score (nSPS) is 15.9. The molecule has 0 aromatic heterocycles. The van der Waals surface area contributed by atoms with Gasteiger partial charge in [-0.3, -0.25) is 4.79 Å². The first-order chi connectivity index (χ1) is 9.66. The molecule has 0 unspecified atom stereocenters. The van der Waals surface area contributed by atoms with Crippen LogP contribution in [0, 0.1) is 5.92 Å². The fourth-order valence-electron chi connectivity index (χ4n) is 2.58. The van der Waals surface area contributed by atoms with Crippen molar-refractivity contribution in [2.24, 2.45) is 5.92 Å². The molecule has 1 aliphatic heterocycles. The molecule has 0 spiro atoms. The number of piperidine rings is 1. The van der Waals surface area contributed by atoms with Gasteiger partial charge < -0.3 is 15.1 Å². The quantitative estimate of drug-likeness (QED) is 0.886. The maximum Gasteiger partial charge on any atom is 0.241 e. The minimum atomic E-state index is 0.155. The average Bonchev–Trinajstić information content (AvgIpc) is 2.48. The number of nitrogens with zero attached hydrogens (tertiary/aromatic N) is 2. The van der Waals surface area contributed by atoms with Gasteiger partial charge in [-0.15, -0.1) is 0 Å². The summed E-state index contributed by atoms with van der Waals surface area (Å²) in [7, 11) is 3.63. The SMILES string of the molecule is CN(C)C(=O)CN(CC1CCNCC1)c1ccccc1. The van der Waals surface area contributed by atoms with Crippen LogP contribution in [0.4, 0.5) is 5.69 Å². The molecule has 0 radical (unpaired) electrons. The van der Waals surface area contributed by atoms with Gasteiger partial charge in [0.05, 0.1) is 6.54 Å². The van der Waals surface area contributed by atoms with Crippen molar-refractivity contribution in [3.63, 3.8) is 0 Å². The number of para-hydroxylation sites is 1. The number of likely N-dealkylation sites (N-methyl/N-ethyl adjacent to an activating group) is 1. The molecule has 0 bridgehead atoms. The molecule has 1 aliphatic rings. The van der Waals surface area contributed by atoms with Crippen LogP contribution < -0.4 is 10.2 Å². The fraction of sp³-hybridized carbons (Fsp3) is 0.562. The lowest BCUT2D eigenvalue weighted by Gasteiger charge is -2.32.